The molecule has 0 saturated carbocycles. The second-order valence-corrected chi connectivity index (χ2v) is 6.57. The zero-order chi connectivity index (χ0) is 13.1. The van der Waals surface area contributed by atoms with Crippen molar-refractivity contribution in [3.05, 3.63) is 0 Å². The van der Waals surface area contributed by atoms with Gasteiger partial charge in [0.1, 0.15) is 0 Å². The van der Waals surface area contributed by atoms with Crippen molar-refractivity contribution in [1.82, 2.24) is 5.32 Å². The van der Waals surface area contributed by atoms with Crippen molar-refractivity contribution in [2.75, 3.05) is 13.2 Å². The first kappa shape index (κ1) is 14.3. The van der Waals surface area contributed by atoms with E-state index in [0.29, 0.717) is 11.9 Å². The van der Waals surface area contributed by atoms with Crippen LogP contribution in [0.4, 0.5) is 0 Å². The Bertz CT molecular complexity index is 279. The molecule has 4 heteroatoms. The molecule has 1 aliphatic rings. The van der Waals surface area contributed by atoms with E-state index in [2.05, 4.69) is 44.9 Å². The van der Waals surface area contributed by atoms with Crippen LogP contribution in [0.1, 0.15) is 47.5 Å². The Labute approximate surface area is 105 Å². The molecule has 3 N–H and O–H groups in total. The molecule has 1 rings (SSSR count). The van der Waals surface area contributed by atoms with Crippen molar-refractivity contribution < 1.29 is 4.74 Å². The number of hydrogen-bond donors (Lipinski definition) is 2. The number of nitrogens with two attached hydrogens (primary N) is 1. The molecular formula is C13H27N3O. The first-order valence-corrected chi connectivity index (χ1v) is 6.40. The molecule has 17 heavy (non-hydrogen) atoms. The van der Waals surface area contributed by atoms with E-state index in [4.69, 9.17) is 10.5 Å². The smallest absolute Gasteiger partial charge is 0.188 e. The first-order chi connectivity index (χ1) is 7.68. The fourth-order valence-electron chi connectivity index (χ4n) is 2.17. The summed E-state index contributed by atoms with van der Waals surface area (Å²) < 4.78 is 5.69. The van der Waals surface area contributed by atoms with E-state index in [0.717, 1.165) is 26.0 Å². The van der Waals surface area contributed by atoms with Crippen LogP contribution in [0.25, 0.3) is 0 Å². The van der Waals surface area contributed by atoms with Crippen molar-refractivity contribution in [3.63, 3.8) is 0 Å². The molecule has 0 spiro atoms. The lowest BCUT2D eigenvalue weighted by atomic mass is 9.88. The van der Waals surface area contributed by atoms with Crippen LogP contribution in [0.5, 0.6) is 0 Å². The Morgan fingerprint density at radius 2 is 2.12 bits per heavy atom. The lowest BCUT2D eigenvalue weighted by Gasteiger charge is -2.35. The van der Waals surface area contributed by atoms with Gasteiger partial charge < -0.3 is 15.8 Å². The summed E-state index contributed by atoms with van der Waals surface area (Å²) in [6, 6.07) is 0. The van der Waals surface area contributed by atoms with Gasteiger partial charge in [-0.25, -0.2) is 0 Å². The number of guanidine groups is 1. The van der Waals surface area contributed by atoms with Gasteiger partial charge in [0.05, 0.1) is 5.60 Å². The van der Waals surface area contributed by atoms with Gasteiger partial charge >= 0.3 is 0 Å². The number of aliphatic imine (C=N–C) groups is 1. The summed E-state index contributed by atoms with van der Waals surface area (Å²) in [6.45, 7) is 12.1. The highest BCUT2D eigenvalue weighted by atomic mass is 16.5. The SMILES string of the molecule is CC(C)(C)NC(N)=NCC1CCOC(C)(C)C1. The van der Waals surface area contributed by atoms with E-state index in [-0.39, 0.29) is 11.1 Å². The molecule has 1 saturated heterocycles. The fraction of sp³-hybridized carbons (Fsp3) is 0.923. The van der Waals surface area contributed by atoms with Gasteiger partial charge in [-0.1, -0.05) is 0 Å². The van der Waals surface area contributed by atoms with Gasteiger partial charge in [-0.05, 0) is 53.4 Å². The molecular weight excluding hydrogens is 214 g/mol. The van der Waals surface area contributed by atoms with E-state index in [9.17, 15) is 0 Å². The molecule has 1 fully saturated rings. The Hall–Kier alpha value is -0.770. The minimum atomic E-state index is -0.0253. The van der Waals surface area contributed by atoms with Crippen molar-refractivity contribution in [2.24, 2.45) is 16.6 Å². The van der Waals surface area contributed by atoms with E-state index in [1.807, 2.05) is 0 Å². The van der Waals surface area contributed by atoms with E-state index in [1.54, 1.807) is 0 Å². The number of rotatable bonds is 2. The molecule has 0 bridgehead atoms. The summed E-state index contributed by atoms with van der Waals surface area (Å²) in [5, 5.41) is 3.18. The third-order valence-electron chi connectivity index (χ3n) is 2.82. The largest absolute Gasteiger partial charge is 0.376 e. The van der Waals surface area contributed by atoms with E-state index >= 15 is 0 Å². The molecule has 4 nitrogen and oxygen atoms in total. The van der Waals surface area contributed by atoms with Gasteiger partial charge in [-0.3, -0.25) is 4.99 Å². The zero-order valence-electron chi connectivity index (χ0n) is 11.8. The van der Waals surface area contributed by atoms with Crippen molar-refractivity contribution in [3.8, 4) is 0 Å². The van der Waals surface area contributed by atoms with Crippen LogP contribution in [0.15, 0.2) is 4.99 Å². The fourth-order valence-corrected chi connectivity index (χ4v) is 2.17. The van der Waals surface area contributed by atoms with Crippen molar-refractivity contribution in [1.29, 1.82) is 0 Å². The zero-order valence-corrected chi connectivity index (χ0v) is 11.8. The van der Waals surface area contributed by atoms with Crippen molar-refractivity contribution in [2.45, 2.75) is 58.6 Å². The summed E-state index contributed by atoms with van der Waals surface area (Å²) in [5.41, 5.74) is 5.82. The van der Waals surface area contributed by atoms with E-state index < -0.39 is 0 Å². The molecule has 0 aromatic heterocycles. The highest BCUT2D eigenvalue weighted by Gasteiger charge is 2.28. The summed E-state index contributed by atoms with van der Waals surface area (Å²) in [7, 11) is 0. The molecule has 0 radical (unpaired) electrons. The van der Waals surface area contributed by atoms with Gasteiger partial charge in [0, 0.05) is 18.7 Å². The molecule has 0 aromatic carbocycles. The maximum Gasteiger partial charge on any atom is 0.188 e. The monoisotopic (exact) mass is 241 g/mol. The minimum Gasteiger partial charge on any atom is -0.376 e. The summed E-state index contributed by atoms with van der Waals surface area (Å²) >= 11 is 0. The third kappa shape index (κ3) is 5.91. The highest BCUT2D eigenvalue weighted by Crippen LogP contribution is 2.28. The summed E-state index contributed by atoms with van der Waals surface area (Å²) in [6.07, 6.45) is 2.13. The van der Waals surface area contributed by atoms with Gasteiger partial charge in [0.2, 0.25) is 0 Å². The average molecular weight is 241 g/mol. The number of ether oxygens (including phenoxy) is 1. The maximum atomic E-state index is 5.85. The normalized spacial score (nSPS) is 25.7. The molecule has 100 valence electrons. The standard InChI is InChI=1S/C13H27N3O/c1-12(2,3)16-11(14)15-9-10-6-7-17-13(4,5)8-10/h10H,6-9H2,1-5H3,(H3,14,15,16). The Kier molecular flexibility index (Phi) is 4.42. The second-order valence-electron chi connectivity index (χ2n) is 6.57. The van der Waals surface area contributed by atoms with Crippen LogP contribution in [0.2, 0.25) is 0 Å². The highest BCUT2D eigenvalue weighted by molar-refractivity contribution is 5.78. The van der Waals surface area contributed by atoms with Crippen molar-refractivity contribution >= 4 is 5.96 Å². The van der Waals surface area contributed by atoms with Gasteiger partial charge in [-0.2, -0.15) is 0 Å². The number of nitrogens with one attached hydrogen (secondary N) is 1. The third-order valence-corrected chi connectivity index (χ3v) is 2.82. The molecule has 1 atom stereocenters. The van der Waals surface area contributed by atoms with Gasteiger partial charge in [-0.15, -0.1) is 0 Å². The summed E-state index contributed by atoms with van der Waals surface area (Å²) in [4.78, 5) is 4.43. The predicted octanol–water partition coefficient (Wildman–Crippen LogP) is 1.89. The summed E-state index contributed by atoms with van der Waals surface area (Å²) in [5.74, 6) is 1.13. The van der Waals surface area contributed by atoms with Crippen LogP contribution < -0.4 is 11.1 Å². The topological polar surface area (TPSA) is 59.6 Å². The molecule has 1 aliphatic heterocycles. The van der Waals surface area contributed by atoms with Crippen LogP contribution in [-0.2, 0) is 4.74 Å². The Morgan fingerprint density at radius 1 is 1.47 bits per heavy atom. The predicted molar refractivity (Wildman–Crippen MR) is 72.1 cm³/mol. The second kappa shape index (κ2) is 5.25. The molecule has 0 aliphatic carbocycles. The maximum absolute atomic E-state index is 5.85. The lowest BCUT2D eigenvalue weighted by Crippen LogP contribution is -2.45. The minimum absolute atomic E-state index is 0.00927. The Balaban J connectivity index is 2.42. The lowest BCUT2D eigenvalue weighted by molar-refractivity contribution is -0.0705. The quantitative estimate of drug-likeness (QED) is 0.573. The van der Waals surface area contributed by atoms with Crippen LogP contribution in [0.3, 0.4) is 0 Å². The molecule has 0 amide bonds. The molecule has 1 heterocycles. The Morgan fingerprint density at radius 3 is 2.65 bits per heavy atom. The van der Waals surface area contributed by atoms with Crippen LogP contribution in [-0.4, -0.2) is 30.3 Å². The molecule has 0 aromatic rings. The van der Waals surface area contributed by atoms with Gasteiger partial charge in [0.25, 0.3) is 0 Å². The van der Waals surface area contributed by atoms with Gasteiger partial charge in [0.15, 0.2) is 5.96 Å². The number of nitrogens with zero attached hydrogens (tertiary/aromatic N) is 1. The molecule has 1 unspecified atom stereocenters. The van der Waals surface area contributed by atoms with E-state index in [1.165, 1.54) is 0 Å². The van der Waals surface area contributed by atoms with Crippen LogP contribution in [0, 0.1) is 5.92 Å². The average Bonchev–Trinajstić information content (AvgIpc) is 2.10. The number of hydrogen-bond acceptors (Lipinski definition) is 2. The first-order valence-electron chi connectivity index (χ1n) is 6.40. The van der Waals surface area contributed by atoms with Crippen LogP contribution >= 0.6 is 0 Å².